The van der Waals surface area contributed by atoms with Crippen molar-refractivity contribution in [3.8, 4) is 0 Å². The van der Waals surface area contributed by atoms with Crippen LogP contribution < -0.4 is 5.32 Å². The highest BCUT2D eigenvalue weighted by atomic mass is 16.7. The van der Waals surface area contributed by atoms with Gasteiger partial charge < -0.3 is 29.0 Å². The lowest BCUT2D eigenvalue weighted by molar-refractivity contribution is -0.247. The molecule has 0 aliphatic carbocycles. The van der Waals surface area contributed by atoms with E-state index in [1.54, 1.807) is 12.1 Å². The van der Waals surface area contributed by atoms with E-state index in [-0.39, 0.29) is 6.61 Å². The van der Waals surface area contributed by atoms with E-state index in [1.165, 1.54) is 27.7 Å². The summed E-state index contributed by atoms with van der Waals surface area (Å²) in [5.74, 6) is -2.58. The minimum absolute atomic E-state index is 0.274. The molecular formula is C21H27NO9. The van der Waals surface area contributed by atoms with Gasteiger partial charge in [-0.2, -0.15) is 0 Å². The molecule has 1 saturated heterocycles. The minimum atomic E-state index is -1.21. The van der Waals surface area contributed by atoms with Gasteiger partial charge in [-0.3, -0.25) is 19.2 Å². The third-order valence-corrected chi connectivity index (χ3v) is 4.35. The van der Waals surface area contributed by atoms with Crippen molar-refractivity contribution in [2.45, 2.75) is 65.3 Å². The van der Waals surface area contributed by atoms with Gasteiger partial charge in [0, 0.05) is 33.4 Å². The van der Waals surface area contributed by atoms with Crippen LogP contribution >= 0.6 is 0 Å². The lowest BCUT2D eigenvalue weighted by atomic mass is 9.97. The predicted molar refractivity (Wildman–Crippen MR) is 107 cm³/mol. The van der Waals surface area contributed by atoms with Crippen LogP contribution in [0.25, 0.3) is 0 Å². The maximum atomic E-state index is 11.8. The Labute approximate surface area is 180 Å². The van der Waals surface area contributed by atoms with E-state index >= 15 is 0 Å². The molecule has 0 bridgehead atoms. The van der Waals surface area contributed by atoms with Crippen LogP contribution in [0.2, 0.25) is 0 Å². The van der Waals surface area contributed by atoms with Crippen LogP contribution in [-0.2, 0) is 42.9 Å². The van der Waals surface area contributed by atoms with Gasteiger partial charge in [-0.1, -0.05) is 17.7 Å². The SMILES string of the molecule is CC(=O)OC[C@@H]1O[C@H](Nc2ccc(C)cc2)[C@@H](OC(C)=O)[C@H](OC(C)=O)[C@H]1OC(C)=O. The van der Waals surface area contributed by atoms with Gasteiger partial charge >= 0.3 is 23.9 Å². The van der Waals surface area contributed by atoms with Crippen LogP contribution in [0, 0.1) is 6.92 Å². The normalized spacial score (nSPS) is 25.1. The van der Waals surface area contributed by atoms with E-state index in [9.17, 15) is 19.2 Å². The zero-order valence-corrected chi connectivity index (χ0v) is 18.1. The number of rotatable bonds is 7. The number of hydrogen-bond acceptors (Lipinski definition) is 10. The number of carbonyl (C=O) groups excluding carboxylic acids is 4. The van der Waals surface area contributed by atoms with Crippen LogP contribution in [-0.4, -0.2) is 61.1 Å². The maximum Gasteiger partial charge on any atom is 0.303 e. The highest BCUT2D eigenvalue weighted by molar-refractivity contribution is 5.69. The molecule has 1 aliphatic heterocycles. The zero-order chi connectivity index (χ0) is 23.1. The molecule has 0 saturated carbocycles. The standard InChI is InChI=1S/C21H27NO9/c1-11-6-8-16(9-7-11)22-21-20(30-15(5)26)19(29-14(4)25)18(28-13(3)24)17(31-21)10-27-12(2)23/h6-9,17-22H,10H2,1-5H3/t17-,18-,19+,20-,21-/m0/s1. The first-order valence-electron chi connectivity index (χ1n) is 9.70. The van der Waals surface area contributed by atoms with E-state index in [2.05, 4.69) is 5.32 Å². The Morgan fingerprint density at radius 1 is 0.806 bits per heavy atom. The molecule has 0 radical (unpaired) electrons. The number of carbonyl (C=O) groups is 4. The summed E-state index contributed by atoms with van der Waals surface area (Å²) in [7, 11) is 0. The van der Waals surface area contributed by atoms with Crippen LogP contribution in [0.5, 0.6) is 0 Å². The molecule has 0 aromatic heterocycles. The molecule has 10 nitrogen and oxygen atoms in total. The van der Waals surface area contributed by atoms with Crippen LogP contribution in [0.15, 0.2) is 24.3 Å². The van der Waals surface area contributed by atoms with E-state index in [0.29, 0.717) is 5.69 Å². The van der Waals surface area contributed by atoms with Crippen molar-refractivity contribution >= 4 is 29.6 Å². The van der Waals surface area contributed by atoms with E-state index in [1.807, 2.05) is 19.1 Å². The number of anilines is 1. The summed E-state index contributed by atoms with van der Waals surface area (Å²) in [5.41, 5.74) is 1.68. The third-order valence-electron chi connectivity index (χ3n) is 4.35. The molecule has 1 heterocycles. The molecule has 0 unspecified atom stereocenters. The van der Waals surface area contributed by atoms with Crippen molar-refractivity contribution in [1.82, 2.24) is 0 Å². The quantitative estimate of drug-likeness (QED) is 0.495. The zero-order valence-electron chi connectivity index (χ0n) is 18.1. The molecule has 1 N–H and O–H groups in total. The first-order chi connectivity index (χ1) is 14.6. The van der Waals surface area contributed by atoms with Gasteiger partial charge in [0.2, 0.25) is 0 Å². The molecule has 1 aliphatic rings. The molecule has 0 spiro atoms. The Hall–Kier alpha value is -3.14. The highest BCUT2D eigenvalue weighted by Crippen LogP contribution is 2.30. The first kappa shape index (κ1) is 24.1. The van der Waals surface area contributed by atoms with E-state index < -0.39 is 54.5 Å². The van der Waals surface area contributed by atoms with Crippen molar-refractivity contribution < 1.29 is 42.9 Å². The topological polar surface area (TPSA) is 126 Å². The molecular weight excluding hydrogens is 410 g/mol. The third kappa shape index (κ3) is 7.25. The molecule has 1 fully saturated rings. The lowest BCUT2D eigenvalue weighted by Gasteiger charge is -2.44. The van der Waals surface area contributed by atoms with Crippen molar-refractivity contribution in [3.63, 3.8) is 0 Å². The maximum absolute atomic E-state index is 11.8. The van der Waals surface area contributed by atoms with Crippen molar-refractivity contribution in [3.05, 3.63) is 29.8 Å². The van der Waals surface area contributed by atoms with Crippen LogP contribution in [0.3, 0.4) is 0 Å². The summed E-state index contributed by atoms with van der Waals surface area (Å²) in [6.45, 7) is 6.41. The summed E-state index contributed by atoms with van der Waals surface area (Å²) in [6, 6.07) is 7.33. The summed E-state index contributed by atoms with van der Waals surface area (Å²) < 4.78 is 27.1. The van der Waals surface area contributed by atoms with Gasteiger partial charge in [-0.05, 0) is 19.1 Å². The molecule has 0 amide bonds. The number of hydrogen-bond donors (Lipinski definition) is 1. The first-order valence-corrected chi connectivity index (χ1v) is 9.70. The predicted octanol–water partition coefficient (Wildman–Crippen LogP) is 1.49. The average molecular weight is 437 g/mol. The molecule has 5 atom stereocenters. The molecule has 2 rings (SSSR count). The Balaban J connectivity index is 2.43. The fourth-order valence-corrected chi connectivity index (χ4v) is 3.16. The van der Waals surface area contributed by atoms with Gasteiger partial charge in [0.05, 0.1) is 0 Å². The smallest absolute Gasteiger partial charge is 0.303 e. The minimum Gasteiger partial charge on any atom is -0.463 e. The second-order valence-electron chi connectivity index (χ2n) is 7.13. The van der Waals surface area contributed by atoms with Gasteiger partial charge in [-0.15, -0.1) is 0 Å². The Kier molecular flexibility index (Phi) is 8.38. The summed E-state index contributed by atoms with van der Waals surface area (Å²) in [6.07, 6.45) is -5.53. The fraction of sp³-hybridized carbons (Fsp3) is 0.524. The van der Waals surface area contributed by atoms with E-state index in [4.69, 9.17) is 23.7 Å². The second kappa shape index (κ2) is 10.8. The van der Waals surface area contributed by atoms with Gasteiger partial charge in [0.1, 0.15) is 12.7 Å². The Morgan fingerprint density at radius 3 is 1.84 bits per heavy atom. The van der Waals surface area contributed by atoms with Gasteiger partial charge in [-0.25, -0.2) is 0 Å². The number of aryl methyl sites for hydroxylation is 1. The molecule has 1 aromatic carbocycles. The number of esters is 4. The second-order valence-corrected chi connectivity index (χ2v) is 7.13. The molecule has 31 heavy (non-hydrogen) atoms. The Morgan fingerprint density at radius 2 is 1.32 bits per heavy atom. The highest BCUT2D eigenvalue weighted by Gasteiger charge is 2.52. The summed E-state index contributed by atoms with van der Waals surface area (Å²) in [4.78, 5) is 46.6. The van der Waals surface area contributed by atoms with Gasteiger partial charge in [0.15, 0.2) is 24.5 Å². The van der Waals surface area contributed by atoms with E-state index in [0.717, 1.165) is 5.56 Å². The summed E-state index contributed by atoms with van der Waals surface area (Å²) >= 11 is 0. The Bertz CT molecular complexity index is 808. The average Bonchev–Trinajstić information content (AvgIpc) is 2.65. The summed E-state index contributed by atoms with van der Waals surface area (Å²) in [5, 5.41) is 3.09. The molecule has 170 valence electrons. The van der Waals surface area contributed by atoms with Gasteiger partial charge in [0.25, 0.3) is 0 Å². The van der Waals surface area contributed by atoms with Crippen LogP contribution in [0.4, 0.5) is 5.69 Å². The monoisotopic (exact) mass is 437 g/mol. The molecule has 1 aromatic rings. The largest absolute Gasteiger partial charge is 0.463 e. The van der Waals surface area contributed by atoms with Crippen molar-refractivity contribution in [1.29, 1.82) is 0 Å². The number of nitrogens with one attached hydrogen (secondary N) is 1. The molecule has 10 heteroatoms. The van der Waals surface area contributed by atoms with Crippen molar-refractivity contribution in [2.24, 2.45) is 0 Å². The fourth-order valence-electron chi connectivity index (χ4n) is 3.16. The van der Waals surface area contributed by atoms with Crippen LogP contribution in [0.1, 0.15) is 33.3 Å². The number of ether oxygens (including phenoxy) is 5. The van der Waals surface area contributed by atoms with Crippen molar-refractivity contribution in [2.75, 3.05) is 11.9 Å². The lowest BCUT2D eigenvalue weighted by Crippen LogP contribution is -2.64. The number of benzene rings is 1.